The maximum absolute atomic E-state index is 3.24. The molecule has 0 bridgehead atoms. The summed E-state index contributed by atoms with van der Waals surface area (Å²) in [7, 11) is 2.01. The van der Waals surface area contributed by atoms with E-state index in [1.165, 1.54) is 10.5 Å². The highest BCUT2D eigenvalue weighted by Crippen LogP contribution is 2.22. The highest BCUT2D eigenvalue weighted by Gasteiger charge is 2.01. The molecule has 0 heterocycles. The average molecular weight is 223 g/mol. The second-order valence-corrected chi connectivity index (χ2v) is 5.32. The van der Waals surface area contributed by atoms with Crippen molar-refractivity contribution in [3.63, 3.8) is 0 Å². The smallest absolute Gasteiger partial charge is 0.0132 e. The average Bonchev–Trinajstić information content (AvgIpc) is 2.26. The molecular formula is C13H21NS. The van der Waals surface area contributed by atoms with Gasteiger partial charge >= 0.3 is 0 Å². The summed E-state index contributed by atoms with van der Waals surface area (Å²) >= 11 is 1.91. The van der Waals surface area contributed by atoms with Gasteiger partial charge in [-0.2, -0.15) is 0 Å². The molecule has 0 fully saturated rings. The topological polar surface area (TPSA) is 12.0 Å². The van der Waals surface area contributed by atoms with E-state index in [4.69, 9.17) is 0 Å². The Kier molecular flexibility index (Phi) is 5.20. The molecule has 2 heteroatoms. The summed E-state index contributed by atoms with van der Waals surface area (Å²) in [6.07, 6.45) is 0. The van der Waals surface area contributed by atoms with Crippen molar-refractivity contribution < 1.29 is 0 Å². The summed E-state index contributed by atoms with van der Waals surface area (Å²) in [5.74, 6) is 1.75. The predicted octanol–water partition coefficient (Wildman–Crippen LogP) is 3.51. The van der Waals surface area contributed by atoms with E-state index in [0.29, 0.717) is 12.0 Å². The zero-order valence-corrected chi connectivity index (χ0v) is 10.9. The third-order valence-electron chi connectivity index (χ3n) is 2.54. The van der Waals surface area contributed by atoms with Gasteiger partial charge in [0.15, 0.2) is 0 Å². The van der Waals surface area contributed by atoms with Crippen LogP contribution in [0.5, 0.6) is 0 Å². The minimum absolute atomic E-state index is 0.569. The fourth-order valence-corrected chi connectivity index (χ4v) is 2.19. The van der Waals surface area contributed by atoms with Crippen LogP contribution in [0.2, 0.25) is 0 Å². The third-order valence-corrected chi connectivity index (χ3v) is 3.81. The lowest BCUT2D eigenvalue weighted by Crippen LogP contribution is -2.23. The standard InChI is InChI=1S/C13H21NS/c1-10(2)12-5-7-13(8-6-12)15-9-11(3)14-4/h5-8,10-11,14H,9H2,1-4H3. The predicted molar refractivity (Wildman–Crippen MR) is 69.8 cm³/mol. The number of thioether (sulfide) groups is 1. The summed E-state index contributed by atoms with van der Waals surface area (Å²) in [5, 5.41) is 3.24. The molecule has 0 radical (unpaired) electrons. The van der Waals surface area contributed by atoms with Crippen LogP contribution in [0.1, 0.15) is 32.3 Å². The van der Waals surface area contributed by atoms with Crippen molar-refractivity contribution in [2.24, 2.45) is 0 Å². The van der Waals surface area contributed by atoms with Gasteiger partial charge in [-0.05, 0) is 37.6 Å². The summed E-state index contributed by atoms with van der Waals surface area (Å²) in [5.41, 5.74) is 1.42. The second-order valence-electron chi connectivity index (χ2n) is 4.22. The van der Waals surface area contributed by atoms with Crippen LogP contribution in [0.4, 0.5) is 0 Å². The Labute approximate surface area is 97.7 Å². The van der Waals surface area contributed by atoms with Gasteiger partial charge in [0.1, 0.15) is 0 Å². The van der Waals surface area contributed by atoms with Crippen molar-refractivity contribution >= 4 is 11.8 Å². The minimum atomic E-state index is 0.569. The van der Waals surface area contributed by atoms with Crippen LogP contribution in [-0.2, 0) is 0 Å². The van der Waals surface area contributed by atoms with E-state index < -0.39 is 0 Å². The quantitative estimate of drug-likeness (QED) is 0.767. The molecule has 0 saturated carbocycles. The van der Waals surface area contributed by atoms with Crippen LogP contribution in [-0.4, -0.2) is 18.8 Å². The summed E-state index contributed by atoms with van der Waals surface area (Å²) < 4.78 is 0. The van der Waals surface area contributed by atoms with E-state index >= 15 is 0 Å². The molecule has 0 aromatic heterocycles. The molecule has 0 amide bonds. The molecule has 84 valence electrons. The molecule has 0 saturated heterocycles. The largest absolute Gasteiger partial charge is 0.316 e. The second kappa shape index (κ2) is 6.19. The maximum Gasteiger partial charge on any atom is 0.0132 e. The molecule has 1 N–H and O–H groups in total. The molecule has 1 unspecified atom stereocenters. The number of rotatable bonds is 5. The summed E-state index contributed by atoms with van der Waals surface area (Å²) in [6, 6.07) is 9.48. The van der Waals surface area contributed by atoms with E-state index in [9.17, 15) is 0 Å². The lowest BCUT2D eigenvalue weighted by molar-refractivity contribution is 0.677. The van der Waals surface area contributed by atoms with Crippen molar-refractivity contribution in [1.29, 1.82) is 0 Å². The maximum atomic E-state index is 3.24. The Morgan fingerprint density at radius 3 is 2.20 bits per heavy atom. The Bertz CT molecular complexity index is 279. The van der Waals surface area contributed by atoms with Crippen LogP contribution in [0.25, 0.3) is 0 Å². The molecular weight excluding hydrogens is 202 g/mol. The van der Waals surface area contributed by atoms with Gasteiger partial charge in [0.05, 0.1) is 0 Å². The van der Waals surface area contributed by atoms with Crippen molar-refractivity contribution in [3.05, 3.63) is 29.8 Å². The van der Waals surface area contributed by atoms with Crippen molar-refractivity contribution in [3.8, 4) is 0 Å². The normalized spacial score (nSPS) is 13.1. The van der Waals surface area contributed by atoms with Gasteiger partial charge in [0.25, 0.3) is 0 Å². The van der Waals surface area contributed by atoms with Gasteiger partial charge in [0, 0.05) is 16.7 Å². The zero-order chi connectivity index (χ0) is 11.3. The number of hydrogen-bond donors (Lipinski definition) is 1. The Morgan fingerprint density at radius 2 is 1.73 bits per heavy atom. The van der Waals surface area contributed by atoms with Crippen LogP contribution < -0.4 is 5.32 Å². The molecule has 1 atom stereocenters. The van der Waals surface area contributed by atoms with E-state index in [0.717, 1.165) is 5.75 Å². The first-order valence-electron chi connectivity index (χ1n) is 5.53. The molecule has 1 aromatic carbocycles. The van der Waals surface area contributed by atoms with E-state index in [1.54, 1.807) is 0 Å². The van der Waals surface area contributed by atoms with Gasteiger partial charge in [-0.3, -0.25) is 0 Å². The summed E-state index contributed by atoms with van der Waals surface area (Å²) in [6.45, 7) is 6.66. The fourth-order valence-electron chi connectivity index (χ4n) is 1.25. The molecule has 1 rings (SSSR count). The van der Waals surface area contributed by atoms with Gasteiger partial charge in [0.2, 0.25) is 0 Å². The van der Waals surface area contributed by atoms with E-state index in [-0.39, 0.29) is 0 Å². The Balaban J connectivity index is 2.50. The van der Waals surface area contributed by atoms with Crippen LogP contribution in [0.3, 0.4) is 0 Å². The van der Waals surface area contributed by atoms with Gasteiger partial charge in [-0.25, -0.2) is 0 Å². The highest BCUT2D eigenvalue weighted by atomic mass is 32.2. The Morgan fingerprint density at radius 1 is 1.13 bits per heavy atom. The molecule has 0 spiro atoms. The molecule has 15 heavy (non-hydrogen) atoms. The summed E-state index contributed by atoms with van der Waals surface area (Å²) in [4.78, 5) is 1.36. The first-order chi connectivity index (χ1) is 7.13. The van der Waals surface area contributed by atoms with Crippen molar-refractivity contribution in [2.75, 3.05) is 12.8 Å². The van der Waals surface area contributed by atoms with Crippen molar-refractivity contribution in [2.45, 2.75) is 37.6 Å². The zero-order valence-electron chi connectivity index (χ0n) is 10.1. The molecule has 1 nitrogen and oxygen atoms in total. The first kappa shape index (κ1) is 12.6. The monoisotopic (exact) mass is 223 g/mol. The van der Waals surface area contributed by atoms with Crippen LogP contribution >= 0.6 is 11.8 Å². The van der Waals surface area contributed by atoms with Gasteiger partial charge < -0.3 is 5.32 Å². The third kappa shape index (κ3) is 4.27. The highest BCUT2D eigenvalue weighted by molar-refractivity contribution is 7.99. The van der Waals surface area contributed by atoms with E-state index in [2.05, 4.69) is 50.4 Å². The molecule has 0 aliphatic rings. The van der Waals surface area contributed by atoms with Gasteiger partial charge in [-0.1, -0.05) is 26.0 Å². The number of benzene rings is 1. The van der Waals surface area contributed by atoms with Gasteiger partial charge in [-0.15, -0.1) is 11.8 Å². The van der Waals surface area contributed by atoms with E-state index in [1.807, 2.05) is 18.8 Å². The SMILES string of the molecule is CNC(C)CSc1ccc(C(C)C)cc1. The Hall–Kier alpha value is -0.470. The number of hydrogen-bond acceptors (Lipinski definition) is 2. The fraction of sp³-hybridized carbons (Fsp3) is 0.538. The van der Waals surface area contributed by atoms with Crippen LogP contribution in [0.15, 0.2) is 29.2 Å². The first-order valence-corrected chi connectivity index (χ1v) is 6.52. The molecule has 1 aromatic rings. The molecule has 0 aliphatic heterocycles. The number of nitrogens with one attached hydrogen (secondary N) is 1. The molecule has 0 aliphatic carbocycles. The van der Waals surface area contributed by atoms with Crippen LogP contribution in [0, 0.1) is 0 Å². The van der Waals surface area contributed by atoms with Crippen molar-refractivity contribution in [1.82, 2.24) is 5.32 Å². The lowest BCUT2D eigenvalue weighted by Gasteiger charge is -2.10. The lowest BCUT2D eigenvalue weighted by atomic mass is 10.0. The minimum Gasteiger partial charge on any atom is -0.316 e.